The van der Waals surface area contributed by atoms with E-state index in [1.165, 1.54) is 49.8 Å². The van der Waals surface area contributed by atoms with Crippen molar-refractivity contribution in [1.29, 1.82) is 0 Å². The maximum absolute atomic E-state index is 4.81. The van der Waals surface area contributed by atoms with Crippen LogP contribution in [0.1, 0.15) is 44.1 Å². The SMILES string of the molecule is CN(C)c1ccc(C=CCN2CCCC2CNc2nccc(N3CCCCCC3)n2)cc1. The van der Waals surface area contributed by atoms with Gasteiger partial charge in [0.05, 0.1) is 0 Å². The molecule has 32 heavy (non-hydrogen) atoms. The van der Waals surface area contributed by atoms with E-state index < -0.39 is 0 Å². The Morgan fingerprint density at radius 3 is 2.53 bits per heavy atom. The highest BCUT2D eigenvalue weighted by atomic mass is 15.2. The monoisotopic (exact) mass is 434 g/mol. The van der Waals surface area contributed by atoms with E-state index in [2.05, 4.69) is 75.5 Å². The van der Waals surface area contributed by atoms with Gasteiger partial charge in [0.15, 0.2) is 0 Å². The molecule has 2 aromatic rings. The minimum atomic E-state index is 0.529. The Bertz CT molecular complexity index is 855. The summed E-state index contributed by atoms with van der Waals surface area (Å²) in [6.07, 6.45) is 14.1. The molecule has 0 saturated carbocycles. The summed E-state index contributed by atoms with van der Waals surface area (Å²) in [7, 11) is 4.14. The summed E-state index contributed by atoms with van der Waals surface area (Å²) in [5.41, 5.74) is 2.48. The van der Waals surface area contributed by atoms with Gasteiger partial charge in [-0.15, -0.1) is 0 Å². The molecule has 2 fully saturated rings. The fourth-order valence-corrected chi connectivity index (χ4v) is 4.69. The maximum atomic E-state index is 4.81. The molecule has 0 amide bonds. The van der Waals surface area contributed by atoms with Gasteiger partial charge in [-0.1, -0.05) is 37.1 Å². The minimum absolute atomic E-state index is 0.529. The molecule has 1 aromatic carbocycles. The average molecular weight is 435 g/mol. The number of benzene rings is 1. The van der Waals surface area contributed by atoms with Crippen molar-refractivity contribution in [3.05, 3.63) is 48.2 Å². The van der Waals surface area contributed by atoms with E-state index >= 15 is 0 Å². The highest BCUT2D eigenvalue weighted by molar-refractivity contribution is 5.55. The lowest BCUT2D eigenvalue weighted by atomic mass is 10.2. The summed E-state index contributed by atoms with van der Waals surface area (Å²) in [6, 6.07) is 11.3. The average Bonchev–Trinajstić information content (AvgIpc) is 3.08. The Kier molecular flexibility index (Phi) is 7.99. The number of nitrogens with one attached hydrogen (secondary N) is 1. The number of likely N-dealkylation sites (tertiary alicyclic amines) is 1. The quantitative estimate of drug-likeness (QED) is 0.660. The molecule has 6 nitrogen and oxygen atoms in total. The fourth-order valence-electron chi connectivity index (χ4n) is 4.69. The normalized spacial score (nSPS) is 19.9. The van der Waals surface area contributed by atoms with Gasteiger partial charge in [0.1, 0.15) is 5.82 Å². The van der Waals surface area contributed by atoms with Gasteiger partial charge in [-0.25, -0.2) is 4.98 Å². The molecule has 1 atom stereocenters. The van der Waals surface area contributed by atoms with Crippen LogP contribution in [0.5, 0.6) is 0 Å². The Hall–Kier alpha value is -2.60. The smallest absolute Gasteiger partial charge is 0.224 e. The molecule has 6 heteroatoms. The van der Waals surface area contributed by atoms with Crippen LogP contribution in [0.3, 0.4) is 0 Å². The van der Waals surface area contributed by atoms with Gasteiger partial charge in [-0.3, -0.25) is 4.90 Å². The molecule has 0 spiro atoms. The zero-order valence-corrected chi connectivity index (χ0v) is 19.7. The lowest BCUT2D eigenvalue weighted by Crippen LogP contribution is -2.35. The van der Waals surface area contributed by atoms with E-state index in [9.17, 15) is 0 Å². The molecule has 1 N–H and O–H groups in total. The molecule has 172 valence electrons. The number of rotatable bonds is 8. The number of anilines is 3. The molecule has 0 aliphatic carbocycles. The summed E-state index contributed by atoms with van der Waals surface area (Å²) >= 11 is 0. The first kappa shape index (κ1) is 22.6. The second-order valence-corrected chi connectivity index (χ2v) is 9.20. The van der Waals surface area contributed by atoms with E-state index in [1.807, 2.05) is 12.3 Å². The first-order valence-electron chi connectivity index (χ1n) is 12.2. The van der Waals surface area contributed by atoms with Crippen molar-refractivity contribution in [3.63, 3.8) is 0 Å². The molecule has 3 heterocycles. The van der Waals surface area contributed by atoms with E-state index in [4.69, 9.17) is 4.98 Å². The van der Waals surface area contributed by atoms with Gasteiger partial charge in [-0.2, -0.15) is 4.98 Å². The van der Waals surface area contributed by atoms with Crippen molar-refractivity contribution >= 4 is 23.5 Å². The molecular weight excluding hydrogens is 396 g/mol. The van der Waals surface area contributed by atoms with Crippen LogP contribution in [0.2, 0.25) is 0 Å². The molecule has 1 aromatic heterocycles. The van der Waals surface area contributed by atoms with Gasteiger partial charge in [0.25, 0.3) is 0 Å². The number of hydrogen-bond acceptors (Lipinski definition) is 6. The third kappa shape index (κ3) is 6.22. The maximum Gasteiger partial charge on any atom is 0.224 e. The van der Waals surface area contributed by atoms with Gasteiger partial charge in [-0.05, 0) is 56.0 Å². The minimum Gasteiger partial charge on any atom is -0.378 e. The molecule has 1 unspecified atom stereocenters. The van der Waals surface area contributed by atoms with E-state index in [0.29, 0.717) is 6.04 Å². The number of aromatic nitrogens is 2. The van der Waals surface area contributed by atoms with Crippen LogP contribution in [0.4, 0.5) is 17.5 Å². The zero-order valence-electron chi connectivity index (χ0n) is 19.7. The fraction of sp³-hybridized carbons (Fsp3) is 0.538. The Morgan fingerprint density at radius 1 is 1.00 bits per heavy atom. The van der Waals surface area contributed by atoms with E-state index in [1.54, 1.807) is 0 Å². The van der Waals surface area contributed by atoms with Crippen LogP contribution in [0, 0.1) is 0 Å². The molecular formula is C26H38N6. The van der Waals surface area contributed by atoms with Crippen molar-refractivity contribution in [1.82, 2.24) is 14.9 Å². The second-order valence-electron chi connectivity index (χ2n) is 9.20. The third-order valence-electron chi connectivity index (χ3n) is 6.63. The third-order valence-corrected chi connectivity index (χ3v) is 6.63. The highest BCUT2D eigenvalue weighted by Crippen LogP contribution is 2.20. The van der Waals surface area contributed by atoms with Crippen molar-refractivity contribution in [2.24, 2.45) is 0 Å². The largest absolute Gasteiger partial charge is 0.378 e. The molecule has 0 bridgehead atoms. The van der Waals surface area contributed by atoms with Gasteiger partial charge in [0, 0.05) is 58.2 Å². The van der Waals surface area contributed by atoms with Crippen LogP contribution in [0.15, 0.2) is 42.6 Å². The lowest BCUT2D eigenvalue weighted by molar-refractivity contribution is 0.291. The molecule has 4 rings (SSSR count). The summed E-state index contributed by atoms with van der Waals surface area (Å²) in [4.78, 5) is 16.4. The number of hydrogen-bond donors (Lipinski definition) is 1. The number of nitrogens with zero attached hydrogens (tertiary/aromatic N) is 5. The first-order valence-corrected chi connectivity index (χ1v) is 12.2. The second kappa shape index (κ2) is 11.3. The Labute approximate surface area is 193 Å². The summed E-state index contributed by atoms with van der Waals surface area (Å²) in [5, 5.41) is 3.52. The van der Waals surface area contributed by atoms with Crippen LogP contribution in [-0.4, -0.2) is 67.7 Å². The van der Waals surface area contributed by atoms with E-state index in [-0.39, 0.29) is 0 Å². The van der Waals surface area contributed by atoms with Crippen LogP contribution in [-0.2, 0) is 0 Å². The van der Waals surface area contributed by atoms with Gasteiger partial charge < -0.3 is 15.1 Å². The van der Waals surface area contributed by atoms with Crippen LogP contribution >= 0.6 is 0 Å². The summed E-state index contributed by atoms with van der Waals surface area (Å²) in [5.74, 6) is 1.83. The molecule has 2 aliphatic rings. The van der Waals surface area contributed by atoms with Gasteiger partial charge in [0.2, 0.25) is 5.95 Å². The predicted octanol–water partition coefficient (Wildman–Crippen LogP) is 4.51. The van der Waals surface area contributed by atoms with E-state index in [0.717, 1.165) is 44.5 Å². The topological polar surface area (TPSA) is 47.5 Å². The van der Waals surface area contributed by atoms with Crippen LogP contribution in [0.25, 0.3) is 6.08 Å². The predicted molar refractivity (Wildman–Crippen MR) is 136 cm³/mol. The lowest BCUT2D eigenvalue weighted by Gasteiger charge is -2.24. The van der Waals surface area contributed by atoms with Crippen molar-refractivity contribution in [3.8, 4) is 0 Å². The zero-order chi connectivity index (χ0) is 22.2. The highest BCUT2D eigenvalue weighted by Gasteiger charge is 2.23. The molecule has 2 aliphatic heterocycles. The Balaban J connectivity index is 1.28. The van der Waals surface area contributed by atoms with Crippen LogP contribution < -0.4 is 15.1 Å². The summed E-state index contributed by atoms with van der Waals surface area (Å²) in [6.45, 7) is 5.25. The van der Waals surface area contributed by atoms with Gasteiger partial charge >= 0.3 is 0 Å². The van der Waals surface area contributed by atoms with Crippen molar-refractivity contribution in [2.45, 2.75) is 44.6 Å². The van der Waals surface area contributed by atoms with Crippen molar-refractivity contribution < 1.29 is 0 Å². The first-order chi connectivity index (χ1) is 15.7. The Morgan fingerprint density at radius 2 is 1.78 bits per heavy atom. The standard InChI is InChI=1S/C26H38N6/c1-30(2)23-13-11-22(12-14-23)9-7-19-31-20-8-10-24(31)21-28-26-27-16-15-25(29-26)32-17-5-3-4-6-18-32/h7,9,11-16,24H,3-6,8,10,17-21H2,1-2H3,(H,27,28,29). The van der Waals surface area contributed by atoms with Crippen molar-refractivity contribution in [2.75, 3.05) is 61.9 Å². The summed E-state index contributed by atoms with van der Waals surface area (Å²) < 4.78 is 0. The molecule has 2 saturated heterocycles. The molecule has 0 radical (unpaired) electrons.